The van der Waals surface area contributed by atoms with Gasteiger partial charge in [-0.3, -0.25) is 4.79 Å². The zero-order valence-corrected chi connectivity index (χ0v) is 11.5. The van der Waals surface area contributed by atoms with Crippen molar-refractivity contribution in [3.8, 4) is 0 Å². The van der Waals surface area contributed by atoms with E-state index in [-0.39, 0.29) is 12.5 Å². The van der Waals surface area contributed by atoms with Crippen LogP contribution in [-0.4, -0.2) is 33.6 Å². The highest BCUT2D eigenvalue weighted by atomic mass is 16.4. The molecule has 0 spiro atoms. The van der Waals surface area contributed by atoms with Crippen LogP contribution in [0.3, 0.4) is 0 Å². The minimum atomic E-state index is -0.789. The fourth-order valence-corrected chi connectivity index (χ4v) is 2.00. The summed E-state index contributed by atoms with van der Waals surface area (Å²) in [6.07, 6.45) is 0.958. The van der Waals surface area contributed by atoms with Gasteiger partial charge in [0.2, 0.25) is 0 Å². The Morgan fingerprint density at radius 3 is 2.61 bits per heavy atom. The van der Waals surface area contributed by atoms with Crippen molar-refractivity contribution in [2.45, 2.75) is 46.6 Å². The van der Waals surface area contributed by atoms with Crippen molar-refractivity contribution in [2.24, 2.45) is 0 Å². The first kappa shape index (κ1) is 14.4. The summed E-state index contributed by atoms with van der Waals surface area (Å²) < 4.78 is 0. The van der Waals surface area contributed by atoms with Crippen molar-refractivity contribution < 1.29 is 9.90 Å². The van der Waals surface area contributed by atoms with Crippen molar-refractivity contribution in [1.29, 1.82) is 0 Å². The maximum atomic E-state index is 10.8. The van der Waals surface area contributed by atoms with Gasteiger partial charge in [-0.2, -0.15) is 0 Å². The third-order valence-corrected chi connectivity index (χ3v) is 2.88. The molecule has 0 fully saturated rings. The van der Waals surface area contributed by atoms with Crippen molar-refractivity contribution in [1.82, 2.24) is 9.97 Å². The summed E-state index contributed by atoms with van der Waals surface area (Å²) >= 11 is 0. The molecular weight excluding hydrogens is 230 g/mol. The summed E-state index contributed by atoms with van der Waals surface area (Å²) in [7, 11) is 0. The Morgan fingerprint density at radius 1 is 1.44 bits per heavy atom. The molecule has 1 aromatic rings. The molecule has 1 N–H and O–H groups in total. The third-order valence-electron chi connectivity index (χ3n) is 2.88. The Labute approximate surface area is 108 Å². The van der Waals surface area contributed by atoms with E-state index in [4.69, 9.17) is 5.11 Å². The van der Waals surface area contributed by atoms with Gasteiger partial charge < -0.3 is 10.0 Å². The van der Waals surface area contributed by atoms with Crippen LogP contribution in [0.2, 0.25) is 0 Å². The first-order valence-electron chi connectivity index (χ1n) is 6.30. The van der Waals surface area contributed by atoms with Gasteiger partial charge >= 0.3 is 5.97 Å². The van der Waals surface area contributed by atoms with E-state index in [0.717, 1.165) is 30.3 Å². The van der Waals surface area contributed by atoms with Crippen LogP contribution >= 0.6 is 0 Å². The molecule has 0 aliphatic rings. The number of carboxylic acids is 1. The number of aryl methyl sites for hydroxylation is 2. The maximum absolute atomic E-state index is 10.8. The standard InChI is InChI=1S/C13H21N3O2/c1-5-11-8-12(15-10(4)14-11)16(6-2)9(3)7-13(17)18/h8-9H,5-7H2,1-4H3,(H,17,18). The first-order valence-corrected chi connectivity index (χ1v) is 6.30. The van der Waals surface area contributed by atoms with Gasteiger partial charge in [0.15, 0.2) is 0 Å². The number of aliphatic carboxylic acids is 1. The molecule has 0 saturated heterocycles. The van der Waals surface area contributed by atoms with E-state index < -0.39 is 5.97 Å². The lowest BCUT2D eigenvalue weighted by Crippen LogP contribution is -2.35. The molecule has 1 aromatic heterocycles. The molecule has 1 rings (SSSR count). The molecule has 0 aliphatic heterocycles. The Balaban J connectivity index is 3.00. The molecule has 0 aliphatic carbocycles. The monoisotopic (exact) mass is 251 g/mol. The SMILES string of the molecule is CCc1cc(N(CC)C(C)CC(=O)O)nc(C)n1. The Morgan fingerprint density at radius 2 is 2.11 bits per heavy atom. The average Bonchev–Trinajstić information content (AvgIpc) is 2.28. The van der Waals surface area contributed by atoms with Crippen LogP contribution < -0.4 is 4.90 Å². The second-order valence-corrected chi connectivity index (χ2v) is 4.35. The van der Waals surface area contributed by atoms with E-state index in [1.807, 2.05) is 38.7 Å². The number of hydrogen-bond donors (Lipinski definition) is 1. The summed E-state index contributed by atoms with van der Waals surface area (Å²) in [5.41, 5.74) is 0.985. The van der Waals surface area contributed by atoms with Gasteiger partial charge in [0.1, 0.15) is 11.6 Å². The quantitative estimate of drug-likeness (QED) is 0.838. The number of aromatic nitrogens is 2. The average molecular weight is 251 g/mol. The van der Waals surface area contributed by atoms with Crippen LogP contribution in [0.5, 0.6) is 0 Å². The summed E-state index contributed by atoms with van der Waals surface area (Å²) in [6.45, 7) is 8.54. The Kier molecular flexibility index (Phi) is 5.07. The molecule has 1 unspecified atom stereocenters. The third kappa shape index (κ3) is 3.68. The van der Waals surface area contributed by atoms with Gasteiger partial charge in [0, 0.05) is 24.3 Å². The van der Waals surface area contributed by atoms with Crippen LogP contribution in [-0.2, 0) is 11.2 Å². The minimum absolute atomic E-state index is 0.0773. The van der Waals surface area contributed by atoms with Gasteiger partial charge in [-0.1, -0.05) is 6.92 Å². The van der Waals surface area contributed by atoms with Crippen LogP contribution in [0.4, 0.5) is 5.82 Å². The molecule has 5 heteroatoms. The number of anilines is 1. The lowest BCUT2D eigenvalue weighted by atomic mass is 10.2. The fourth-order valence-electron chi connectivity index (χ4n) is 2.00. The summed E-state index contributed by atoms with van der Waals surface area (Å²) in [5, 5.41) is 8.87. The molecule has 0 bridgehead atoms. The minimum Gasteiger partial charge on any atom is -0.481 e. The van der Waals surface area contributed by atoms with Crippen molar-refractivity contribution in [2.75, 3.05) is 11.4 Å². The van der Waals surface area contributed by atoms with Gasteiger partial charge in [-0.05, 0) is 27.2 Å². The normalized spacial score (nSPS) is 12.2. The highest BCUT2D eigenvalue weighted by Gasteiger charge is 2.17. The maximum Gasteiger partial charge on any atom is 0.305 e. The Bertz CT molecular complexity index is 421. The molecule has 0 amide bonds. The number of hydrogen-bond acceptors (Lipinski definition) is 4. The van der Waals surface area contributed by atoms with Gasteiger partial charge in [-0.25, -0.2) is 9.97 Å². The van der Waals surface area contributed by atoms with Crippen molar-refractivity contribution in [3.63, 3.8) is 0 Å². The second kappa shape index (κ2) is 6.33. The highest BCUT2D eigenvalue weighted by Crippen LogP contribution is 2.17. The molecule has 18 heavy (non-hydrogen) atoms. The molecule has 0 radical (unpaired) electrons. The number of nitrogens with zero attached hydrogens (tertiary/aromatic N) is 3. The number of carboxylic acid groups (broad SMARTS) is 1. The fraction of sp³-hybridized carbons (Fsp3) is 0.615. The van der Waals surface area contributed by atoms with Gasteiger partial charge in [-0.15, -0.1) is 0 Å². The Hall–Kier alpha value is -1.65. The van der Waals surface area contributed by atoms with Crippen LogP contribution in [0.1, 0.15) is 38.7 Å². The van der Waals surface area contributed by atoms with Crippen LogP contribution in [0.25, 0.3) is 0 Å². The first-order chi connectivity index (χ1) is 8.47. The summed E-state index contributed by atoms with van der Waals surface area (Å²) in [4.78, 5) is 21.5. The zero-order chi connectivity index (χ0) is 13.7. The van der Waals surface area contributed by atoms with E-state index >= 15 is 0 Å². The topological polar surface area (TPSA) is 66.3 Å². The van der Waals surface area contributed by atoms with E-state index in [1.54, 1.807) is 0 Å². The van der Waals surface area contributed by atoms with Crippen molar-refractivity contribution in [3.05, 3.63) is 17.6 Å². The second-order valence-electron chi connectivity index (χ2n) is 4.35. The number of carbonyl (C=O) groups is 1. The molecule has 1 atom stereocenters. The van der Waals surface area contributed by atoms with E-state index in [2.05, 4.69) is 9.97 Å². The van der Waals surface area contributed by atoms with E-state index in [1.165, 1.54) is 0 Å². The highest BCUT2D eigenvalue weighted by molar-refractivity contribution is 5.68. The lowest BCUT2D eigenvalue weighted by molar-refractivity contribution is -0.137. The van der Waals surface area contributed by atoms with E-state index in [9.17, 15) is 4.79 Å². The summed E-state index contributed by atoms with van der Waals surface area (Å²) in [6, 6.07) is 1.86. The molecule has 5 nitrogen and oxygen atoms in total. The molecular formula is C13H21N3O2. The summed E-state index contributed by atoms with van der Waals surface area (Å²) in [5.74, 6) is 0.753. The number of rotatable bonds is 6. The largest absolute Gasteiger partial charge is 0.481 e. The molecule has 100 valence electrons. The molecule has 0 aromatic carbocycles. The van der Waals surface area contributed by atoms with Gasteiger partial charge in [0.25, 0.3) is 0 Å². The van der Waals surface area contributed by atoms with Crippen molar-refractivity contribution >= 4 is 11.8 Å². The van der Waals surface area contributed by atoms with Crippen LogP contribution in [0.15, 0.2) is 6.07 Å². The lowest BCUT2D eigenvalue weighted by Gasteiger charge is -2.28. The smallest absolute Gasteiger partial charge is 0.305 e. The molecule has 0 saturated carbocycles. The van der Waals surface area contributed by atoms with E-state index in [0.29, 0.717) is 0 Å². The predicted molar refractivity (Wildman–Crippen MR) is 70.9 cm³/mol. The van der Waals surface area contributed by atoms with Gasteiger partial charge in [0.05, 0.1) is 6.42 Å². The predicted octanol–water partition coefficient (Wildman–Crippen LogP) is 2.04. The van der Waals surface area contributed by atoms with Crippen LogP contribution in [0, 0.1) is 6.92 Å². The zero-order valence-electron chi connectivity index (χ0n) is 11.5. The molecule has 1 heterocycles.